The lowest BCUT2D eigenvalue weighted by Crippen LogP contribution is -2.00. The number of phenolic OH excluding ortho intramolecular Hbond substituents is 1. The van der Waals surface area contributed by atoms with E-state index >= 15 is 0 Å². The molecule has 3 N–H and O–H groups in total. The second kappa shape index (κ2) is 2.75. The molecule has 0 spiro atoms. The van der Waals surface area contributed by atoms with Gasteiger partial charge in [-0.1, -0.05) is 6.07 Å². The average Bonchev–Trinajstić information content (AvgIpc) is 2.73. The molecular weight excluding hydrogens is 218 g/mol. The van der Waals surface area contributed by atoms with Gasteiger partial charge in [-0.15, -0.1) is 0 Å². The number of aromatic hydroxyl groups is 1. The summed E-state index contributed by atoms with van der Waals surface area (Å²) < 4.78 is 0.749. The quantitative estimate of drug-likeness (QED) is 0.771. The van der Waals surface area contributed by atoms with Crippen molar-refractivity contribution in [3.63, 3.8) is 0 Å². The van der Waals surface area contributed by atoms with Gasteiger partial charge in [0, 0.05) is 12.0 Å². The molecule has 1 aromatic rings. The van der Waals surface area contributed by atoms with Crippen LogP contribution in [0.5, 0.6) is 5.75 Å². The minimum absolute atomic E-state index is 0.285. The molecule has 3 heteroatoms. The molecule has 0 unspecified atom stereocenters. The first kappa shape index (κ1) is 8.08. The molecule has 1 aromatic carbocycles. The summed E-state index contributed by atoms with van der Waals surface area (Å²) in [7, 11) is 0. The Labute approximate surface area is 79.5 Å². The molecule has 0 bridgehead atoms. The van der Waals surface area contributed by atoms with Crippen molar-refractivity contribution < 1.29 is 5.11 Å². The van der Waals surface area contributed by atoms with Crippen molar-refractivity contribution in [1.29, 1.82) is 0 Å². The molecule has 0 radical (unpaired) electrons. The van der Waals surface area contributed by atoms with Crippen LogP contribution in [0.4, 0.5) is 0 Å². The van der Waals surface area contributed by atoms with Crippen LogP contribution in [-0.2, 0) is 0 Å². The van der Waals surface area contributed by atoms with E-state index < -0.39 is 0 Å². The van der Waals surface area contributed by atoms with Gasteiger partial charge in [0.2, 0.25) is 0 Å². The molecule has 0 saturated heterocycles. The number of hydrogen-bond donors (Lipinski definition) is 2. The zero-order valence-corrected chi connectivity index (χ0v) is 8.08. The van der Waals surface area contributed by atoms with Gasteiger partial charge in [0.1, 0.15) is 5.75 Å². The summed E-state index contributed by atoms with van der Waals surface area (Å²) in [6, 6.07) is 5.89. The predicted molar refractivity (Wildman–Crippen MR) is 51.1 cm³/mol. The summed E-state index contributed by atoms with van der Waals surface area (Å²) in [4.78, 5) is 0. The first-order valence-electron chi connectivity index (χ1n) is 3.92. The number of benzene rings is 1. The van der Waals surface area contributed by atoms with E-state index in [1.165, 1.54) is 5.56 Å². The fraction of sp³-hybridized carbons (Fsp3) is 0.333. The van der Waals surface area contributed by atoms with Crippen LogP contribution >= 0.6 is 15.9 Å². The molecule has 0 aliphatic heterocycles. The van der Waals surface area contributed by atoms with Crippen LogP contribution in [0, 0.1) is 0 Å². The van der Waals surface area contributed by atoms with Crippen LogP contribution in [0.1, 0.15) is 17.9 Å². The SMILES string of the molecule is N[C@@H]1C[C@H]1c1ccc(O)c(Br)c1. The van der Waals surface area contributed by atoms with E-state index in [9.17, 15) is 5.11 Å². The molecule has 2 atom stereocenters. The highest BCUT2D eigenvalue weighted by Gasteiger charge is 2.34. The summed E-state index contributed by atoms with van der Waals surface area (Å²) in [6.07, 6.45) is 1.07. The molecule has 0 amide bonds. The van der Waals surface area contributed by atoms with Crippen molar-refractivity contribution in [2.45, 2.75) is 18.4 Å². The van der Waals surface area contributed by atoms with Crippen LogP contribution in [0.25, 0.3) is 0 Å². The second-order valence-corrected chi connectivity index (χ2v) is 4.07. The number of nitrogens with two attached hydrogens (primary N) is 1. The Morgan fingerprint density at radius 3 is 2.67 bits per heavy atom. The average molecular weight is 228 g/mol. The third-order valence-corrected chi connectivity index (χ3v) is 2.87. The summed E-state index contributed by atoms with van der Waals surface area (Å²) in [6.45, 7) is 0. The van der Waals surface area contributed by atoms with E-state index in [1.807, 2.05) is 12.1 Å². The fourth-order valence-corrected chi connectivity index (χ4v) is 1.75. The Hall–Kier alpha value is -0.540. The lowest BCUT2D eigenvalue weighted by atomic mass is 10.1. The Kier molecular flexibility index (Phi) is 1.85. The summed E-state index contributed by atoms with van der Waals surface area (Å²) in [5.41, 5.74) is 6.92. The highest BCUT2D eigenvalue weighted by molar-refractivity contribution is 9.10. The number of phenols is 1. The monoisotopic (exact) mass is 227 g/mol. The zero-order chi connectivity index (χ0) is 8.72. The van der Waals surface area contributed by atoms with Gasteiger partial charge in [-0.3, -0.25) is 0 Å². The topological polar surface area (TPSA) is 46.2 Å². The van der Waals surface area contributed by atoms with Crippen molar-refractivity contribution in [2.75, 3.05) is 0 Å². The molecule has 0 heterocycles. The third kappa shape index (κ3) is 1.34. The smallest absolute Gasteiger partial charge is 0.129 e. The molecule has 2 nitrogen and oxygen atoms in total. The van der Waals surface area contributed by atoms with Crippen molar-refractivity contribution in [2.24, 2.45) is 5.73 Å². The van der Waals surface area contributed by atoms with Gasteiger partial charge >= 0.3 is 0 Å². The summed E-state index contributed by atoms with van der Waals surface area (Å²) in [5, 5.41) is 9.23. The van der Waals surface area contributed by atoms with Crippen LogP contribution in [0.3, 0.4) is 0 Å². The first-order chi connectivity index (χ1) is 5.68. The van der Waals surface area contributed by atoms with Gasteiger partial charge in [-0.25, -0.2) is 0 Å². The van der Waals surface area contributed by atoms with Crippen molar-refractivity contribution in [1.82, 2.24) is 0 Å². The highest BCUT2D eigenvalue weighted by Crippen LogP contribution is 2.40. The van der Waals surface area contributed by atoms with Gasteiger partial charge < -0.3 is 10.8 Å². The van der Waals surface area contributed by atoms with Crippen LogP contribution in [0.2, 0.25) is 0 Å². The van der Waals surface area contributed by atoms with Crippen molar-refractivity contribution in [3.05, 3.63) is 28.2 Å². The summed E-state index contributed by atoms with van der Waals surface area (Å²) >= 11 is 3.27. The Balaban J connectivity index is 2.29. The standard InChI is InChI=1S/C9H10BrNO/c10-7-3-5(1-2-9(7)12)6-4-8(6)11/h1-3,6,8,12H,4,11H2/t6-,8+/m0/s1. The molecule has 64 valence electrons. The van der Waals surface area contributed by atoms with E-state index in [-0.39, 0.29) is 5.75 Å². The van der Waals surface area contributed by atoms with Gasteiger partial charge in [-0.05, 0) is 40.0 Å². The largest absolute Gasteiger partial charge is 0.507 e. The molecule has 1 saturated carbocycles. The van der Waals surface area contributed by atoms with Gasteiger partial charge in [0.05, 0.1) is 4.47 Å². The van der Waals surface area contributed by atoms with Gasteiger partial charge in [0.25, 0.3) is 0 Å². The Bertz CT molecular complexity index is 313. The minimum Gasteiger partial charge on any atom is -0.507 e. The maximum atomic E-state index is 9.23. The third-order valence-electron chi connectivity index (χ3n) is 2.24. The Morgan fingerprint density at radius 1 is 1.50 bits per heavy atom. The molecule has 1 aliphatic rings. The highest BCUT2D eigenvalue weighted by atomic mass is 79.9. The molecule has 12 heavy (non-hydrogen) atoms. The van der Waals surface area contributed by atoms with Gasteiger partial charge in [-0.2, -0.15) is 0 Å². The van der Waals surface area contributed by atoms with Crippen molar-refractivity contribution in [3.8, 4) is 5.75 Å². The number of halogens is 1. The van der Waals surface area contributed by atoms with E-state index in [4.69, 9.17) is 5.73 Å². The molecule has 1 fully saturated rings. The maximum Gasteiger partial charge on any atom is 0.129 e. The number of hydrogen-bond acceptors (Lipinski definition) is 2. The second-order valence-electron chi connectivity index (χ2n) is 3.22. The van der Waals surface area contributed by atoms with E-state index in [1.54, 1.807) is 6.07 Å². The molecule has 2 rings (SSSR count). The lowest BCUT2D eigenvalue weighted by molar-refractivity contribution is 0.471. The maximum absolute atomic E-state index is 9.23. The van der Waals surface area contributed by atoms with E-state index in [0.29, 0.717) is 12.0 Å². The van der Waals surface area contributed by atoms with Crippen molar-refractivity contribution >= 4 is 15.9 Å². The normalized spacial score (nSPS) is 27.2. The summed E-state index contributed by atoms with van der Waals surface area (Å²) in [5.74, 6) is 0.787. The first-order valence-corrected chi connectivity index (χ1v) is 4.72. The molecular formula is C9H10BrNO. The molecule has 1 aliphatic carbocycles. The van der Waals surface area contributed by atoms with Crippen LogP contribution in [0.15, 0.2) is 22.7 Å². The van der Waals surface area contributed by atoms with E-state index in [0.717, 1.165) is 10.9 Å². The lowest BCUT2D eigenvalue weighted by Gasteiger charge is -2.00. The zero-order valence-electron chi connectivity index (χ0n) is 6.50. The fourth-order valence-electron chi connectivity index (χ4n) is 1.35. The van der Waals surface area contributed by atoms with Gasteiger partial charge in [0.15, 0.2) is 0 Å². The molecule has 0 aromatic heterocycles. The Morgan fingerprint density at radius 2 is 2.17 bits per heavy atom. The van der Waals surface area contributed by atoms with Crippen LogP contribution in [-0.4, -0.2) is 11.1 Å². The predicted octanol–water partition coefficient (Wildman–Crippen LogP) is 1.97. The number of rotatable bonds is 1. The van der Waals surface area contributed by atoms with Crippen LogP contribution < -0.4 is 5.73 Å². The minimum atomic E-state index is 0.285. The van der Waals surface area contributed by atoms with E-state index in [2.05, 4.69) is 15.9 Å².